The van der Waals surface area contributed by atoms with E-state index in [0.29, 0.717) is 16.3 Å². The summed E-state index contributed by atoms with van der Waals surface area (Å²) in [5.74, 6) is -0.418. The Morgan fingerprint density at radius 1 is 0.960 bits per heavy atom. The van der Waals surface area contributed by atoms with Crippen LogP contribution in [0.3, 0.4) is 0 Å². The van der Waals surface area contributed by atoms with E-state index in [1.165, 1.54) is 6.07 Å². The molecule has 0 fully saturated rings. The molecule has 0 aliphatic carbocycles. The van der Waals surface area contributed by atoms with Gasteiger partial charge in [0.05, 0.1) is 16.3 Å². The van der Waals surface area contributed by atoms with Crippen molar-refractivity contribution in [1.82, 2.24) is 10.4 Å². The van der Waals surface area contributed by atoms with Crippen molar-refractivity contribution in [3.05, 3.63) is 99.8 Å². The van der Waals surface area contributed by atoms with Gasteiger partial charge in [-0.25, -0.2) is 5.43 Å². The molecule has 3 rings (SSSR count). The lowest BCUT2D eigenvalue weighted by atomic mass is 10.0. The van der Waals surface area contributed by atoms with Crippen LogP contribution in [-0.4, -0.2) is 16.6 Å². The second kappa shape index (κ2) is 7.92. The number of carbonyl (C=O) groups excluding carboxylic acids is 1. The zero-order valence-electron chi connectivity index (χ0n) is 13.0. The van der Waals surface area contributed by atoms with Crippen LogP contribution in [0.15, 0.2) is 78.2 Å². The number of rotatable bonds is 4. The van der Waals surface area contributed by atoms with Crippen molar-refractivity contribution >= 4 is 34.8 Å². The summed E-state index contributed by atoms with van der Waals surface area (Å²) in [4.78, 5) is 16.5. The number of nitrogens with zero attached hydrogens (tertiary/aromatic N) is 2. The van der Waals surface area contributed by atoms with Crippen molar-refractivity contribution in [3.63, 3.8) is 0 Å². The molecule has 1 aromatic heterocycles. The monoisotopic (exact) mass is 369 g/mol. The van der Waals surface area contributed by atoms with Crippen molar-refractivity contribution in [2.45, 2.75) is 0 Å². The van der Waals surface area contributed by atoms with Crippen LogP contribution < -0.4 is 5.43 Å². The van der Waals surface area contributed by atoms with E-state index in [-0.39, 0.29) is 5.02 Å². The van der Waals surface area contributed by atoms with Gasteiger partial charge < -0.3 is 0 Å². The Labute approximate surface area is 155 Å². The van der Waals surface area contributed by atoms with Crippen LogP contribution in [0, 0.1) is 0 Å². The molecular formula is C19H13Cl2N3O. The number of hydrazone groups is 1. The number of benzene rings is 2. The van der Waals surface area contributed by atoms with E-state index in [1.807, 2.05) is 42.5 Å². The van der Waals surface area contributed by atoms with Crippen LogP contribution in [0.4, 0.5) is 0 Å². The summed E-state index contributed by atoms with van der Waals surface area (Å²) in [6.07, 6.45) is 3.37. The van der Waals surface area contributed by atoms with Crippen molar-refractivity contribution in [2.24, 2.45) is 5.10 Å². The molecule has 0 spiro atoms. The highest BCUT2D eigenvalue weighted by Crippen LogP contribution is 2.21. The Morgan fingerprint density at radius 2 is 1.72 bits per heavy atom. The summed E-state index contributed by atoms with van der Waals surface area (Å²) >= 11 is 11.9. The van der Waals surface area contributed by atoms with Crippen molar-refractivity contribution in [2.75, 3.05) is 0 Å². The van der Waals surface area contributed by atoms with Crippen LogP contribution in [0.1, 0.15) is 21.5 Å². The number of pyridine rings is 1. The molecule has 0 unspecified atom stereocenters. The maximum Gasteiger partial charge on any atom is 0.272 e. The highest BCUT2D eigenvalue weighted by molar-refractivity contribution is 6.36. The normalized spacial score (nSPS) is 11.2. The highest BCUT2D eigenvalue weighted by Gasteiger charge is 2.12. The first-order chi connectivity index (χ1) is 12.1. The zero-order chi connectivity index (χ0) is 17.6. The second-order valence-electron chi connectivity index (χ2n) is 5.13. The molecule has 0 saturated carbocycles. The molecule has 0 aliphatic rings. The lowest BCUT2D eigenvalue weighted by Gasteiger charge is -2.08. The maximum absolute atomic E-state index is 12.4. The Bertz CT molecular complexity index is 871. The molecule has 0 aliphatic heterocycles. The van der Waals surface area contributed by atoms with E-state index < -0.39 is 5.91 Å². The SMILES string of the molecule is O=C(N/N=C(\c1ccccc1)c1cccnc1)c1ccc(Cl)cc1Cl. The Morgan fingerprint density at radius 3 is 2.40 bits per heavy atom. The van der Waals surface area contributed by atoms with E-state index in [9.17, 15) is 4.79 Å². The molecule has 25 heavy (non-hydrogen) atoms. The first-order valence-electron chi connectivity index (χ1n) is 7.44. The summed E-state index contributed by atoms with van der Waals surface area (Å²) < 4.78 is 0. The minimum Gasteiger partial charge on any atom is -0.267 e. The van der Waals surface area contributed by atoms with Gasteiger partial charge >= 0.3 is 0 Å². The fourth-order valence-corrected chi connectivity index (χ4v) is 2.73. The van der Waals surface area contributed by atoms with Crippen LogP contribution in [0.5, 0.6) is 0 Å². The molecule has 1 amide bonds. The van der Waals surface area contributed by atoms with Gasteiger partial charge in [-0.1, -0.05) is 53.5 Å². The van der Waals surface area contributed by atoms with Gasteiger partial charge in [0.15, 0.2) is 0 Å². The van der Waals surface area contributed by atoms with E-state index in [1.54, 1.807) is 24.5 Å². The number of amides is 1. The van der Waals surface area contributed by atoms with Gasteiger partial charge in [0.25, 0.3) is 5.91 Å². The standard InChI is InChI=1S/C19H13Cl2N3O/c20-15-8-9-16(17(21)11-15)19(25)24-23-18(13-5-2-1-3-6-13)14-7-4-10-22-12-14/h1-12H,(H,24,25)/b23-18+. The molecule has 1 N–H and O–H groups in total. The summed E-state index contributed by atoms with van der Waals surface area (Å²) in [7, 11) is 0. The van der Waals surface area contributed by atoms with Crippen LogP contribution in [0.2, 0.25) is 10.0 Å². The molecular weight excluding hydrogens is 357 g/mol. The number of aromatic nitrogens is 1. The Kier molecular flexibility index (Phi) is 5.43. The molecule has 3 aromatic rings. The predicted octanol–water partition coefficient (Wildman–Crippen LogP) is 4.57. The third-order valence-corrected chi connectivity index (χ3v) is 3.98. The van der Waals surface area contributed by atoms with Gasteiger partial charge in [-0.15, -0.1) is 0 Å². The average molecular weight is 370 g/mol. The van der Waals surface area contributed by atoms with E-state index in [4.69, 9.17) is 23.2 Å². The quantitative estimate of drug-likeness (QED) is 0.540. The zero-order valence-corrected chi connectivity index (χ0v) is 14.5. The van der Waals surface area contributed by atoms with E-state index in [2.05, 4.69) is 15.5 Å². The Hall–Kier alpha value is -2.69. The molecule has 6 heteroatoms. The maximum atomic E-state index is 12.4. The number of halogens is 2. The lowest BCUT2D eigenvalue weighted by Crippen LogP contribution is -2.21. The molecule has 124 valence electrons. The van der Waals surface area contributed by atoms with Crippen molar-refractivity contribution in [3.8, 4) is 0 Å². The average Bonchev–Trinajstić information content (AvgIpc) is 2.63. The fourth-order valence-electron chi connectivity index (χ4n) is 2.24. The van der Waals surface area contributed by atoms with E-state index >= 15 is 0 Å². The molecule has 2 aromatic carbocycles. The third kappa shape index (κ3) is 4.24. The fraction of sp³-hybridized carbons (Fsp3) is 0. The largest absolute Gasteiger partial charge is 0.272 e. The molecule has 0 bridgehead atoms. The van der Waals surface area contributed by atoms with Gasteiger partial charge in [0.1, 0.15) is 0 Å². The van der Waals surface area contributed by atoms with Crippen LogP contribution in [0.25, 0.3) is 0 Å². The molecule has 4 nitrogen and oxygen atoms in total. The third-order valence-electron chi connectivity index (χ3n) is 3.43. The minimum atomic E-state index is -0.418. The van der Waals surface area contributed by atoms with Gasteiger partial charge in [-0.2, -0.15) is 5.10 Å². The van der Waals surface area contributed by atoms with Gasteiger partial charge in [0.2, 0.25) is 0 Å². The van der Waals surface area contributed by atoms with E-state index in [0.717, 1.165) is 11.1 Å². The smallest absolute Gasteiger partial charge is 0.267 e. The van der Waals surface area contributed by atoms with Crippen LogP contribution >= 0.6 is 23.2 Å². The van der Waals surface area contributed by atoms with Gasteiger partial charge in [0, 0.05) is 28.5 Å². The first kappa shape index (κ1) is 17.1. The molecule has 1 heterocycles. The lowest BCUT2D eigenvalue weighted by molar-refractivity contribution is 0.0955. The summed E-state index contributed by atoms with van der Waals surface area (Å²) in [5.41, 5.74) is 5.10. The van der Waals surface area contributed by atoms with Gasteiger partial charge in [-0.3, -0.25) is 9.78 Å². The van der Waals surface area contributed by atoms with Gasteiger partial charge in [-0.05, 0) is 30.3 Å². The number of carbonyl (C=O) groups is 1. The highest BCUT2D eigenvalue weighted by atomic mass is 35.5. The molecule has 0 saturated heterocycles. The Balaban J connectivity index is 1.93. The minimum absolute atomic E-state index is 0.267. The van der Waals surface area contributed by atoms with Crippen molar-refractivity contribution < 1.29 is 4.79 Å². The van der Waals surface area contributed by atoms with Crippen LogP contribution in [-0.2, 0) is 0 Å². The molecule has 0 radical (unpaired) electrons. The number of hydrogen-bond acceptors (Lipinski definition) is 3. The predicted molar refractivity (Wildman–Crippen MR) is 100 cm³/mol. The second-order valence-corrected chi connectivity index (χ2v) is 5.98. The molecule has 0 atom stereocenters. The summed E-state index contributed by atoms with van der Waals surface area (Å²) in [6, 6.07) is 17.9. The summed E-state index contributed by atoms with van der Waals surface area (Å²) in [5, 5.41) is 5.02. The summed E-state index contributed by atoms with van der Waals surface area (Å²) in [6.45, 7) is 0. The number of nitrogens with one attached hydrogen (secondary N) is 1. The topological polar surface area (TPSA) is 54.4 Å². The van der Waals surface area contributed by atoms with Crippen molar-refractivity contribution in [1.29, 1.82) is 0 Å². The number of hydrogen-bond donors (Lipinski definition) is 1. The first-order valence-corrected chi connectivity index (χ1v) is 8.19.